The van der Waals surface area contributed by atoms with Gasteiger partial charge in [-0.1, -0.05) is 30.3 Å². The second-order valence-electron chi connectivity index (χ2n) is 3.31. The molecule has 0 atom stereocenters. The highest BCUT2D eigenvalue weighted by atomic mass is 32.2. The topological polar surface area (TPSA) is 22.1 Å². The predicted octanol–water partition coefficient (Wildman–Crippen LogP) is 3.38. The first-order valence-electron chi connectivity index (χ1n) is 5.05. The Hall–Kier alpha value is -1.48. The minimum atomic E-state index is 0.795. The molecule has 0 saturated carbocycles. The number of aromatic nitrogens is 1. The molecule has 1 aromatic heterocycles. The van der Waals surface area contributed by atoms with E-state index in [0.29, 0.717) is 0 Å². The fourth-order valence-corrected chi connectivity index (χ4v) is 2.10. The van der Waals surface area contributed by atoms with Gasteiger partial charge in [0.1, 0.15) is 5.75 Å². The van der Waals surface area contributed by atoms with Gasteiger partial charge < -0.3 is 4.74 Å². The molecule has 82 valence electrons. The fraction of sp³-hybridized carbons (Fsp3) is 0.154. The van der Waals surface area contributed by atoms with Crippen molar-refractivity contribution in [2.24, 2.45) is 0 Å². The van der Waals surface area contributed by atoms with Crippen molar-refractivity contribution in [3.63, 3.8) is 0 Å². The molecule has 2 rings (SSSR count). The van der Waals surface area contributed by atoms with Crippen LogP contribution in [0, 0.1) is 0 Å². The van der Waals surface area contributed by atoms with Crippen LogP contribution in [-0.4, -0.2) is 12.1 Å². The largest absolute Gasteiger partial charge is 0.495 e. The van der Waals surface area contributed by atoms with Crippen LogP contribution in [0.1, 0.15) is 5.56 Å². The maximum Gasteiger partial charge on any atom is 0.137 e. The van der Waals surface area contributed by atoms with Gasteiger partial charge in [-0.05, 0) is 17.7 Å². The van der Waals surface area contributed by atoms with E-state index < -0.39 is 0 Å². The molecule has 0 spiro atoms. The zero-order valence-electron chi connectivity index (χ0n) is 9.09. The van der Waals surface area contributed by atoms with Crippen LogP contribution in [0.15, 0.2) is 53.7 Å². The van der Waals surface area contributed by atoms with Crippen LogP contribution in [0.5, 0.6) is 5.75 Å². The van der Waals surface area contributed by atoms with Crippen molar-refractivity contribution < 1.29 is 4.74 Å². The Labute approximate surface area is 99.7 Å². The van der Waals surface area contributed by atoms with Crippen LogP contribution in [0.3, 0.4) is 0 Å². The maximum absolute atomic E-state index is 5.06. The van der Waals surface area contributed by atoms with Gasteiger partial charge in [0.15, 0.2) is 0 Å². The molecule has 2 nitrogen and oxygen atoms in total. The van der Waals surface area contributed by atoms with Crippen molar-refractivity contribution >= 4 is 11.8 Å². The fourth-order valence-electron chi connectivity index (χ4n) is 1.30. The highest BCUT2D eigenvalue weighted by Crippen LogP contribution is 2.21. The first-order chi connectivity index (χ1) is 7.88. The molecule has 0 radical (unpaired) electrons. The quantitative estimate of drug-likeness (QED) is 0.753. The molecule has 1 heterocycles. The van der Waals surface area contributed by atoms with Crippen molar-refractivity contribution in [3.05, 3.63) is 54.2 Å². The first-order valence-corrected chi connectivity index (χ1v) is 6.04. The SMILES string of the molecule is COc1ccc(SCc2ccccc2)nc1. The highest BCUT2D eigenvalue weighted by molar-refractivity contribution is 7.98. The number of hydrogen-bond acceptors (Lipinski definition) is 3. The highest BCUT2D eigenvalue weighted by Gasteiger charge is 1.97. The van der Waals surface area contributed by atoms with Crippen molar-refractivity contribution in [1.82, 2.24) is 4.98 Å². The van der Waals surface area contributed by atoms with E-state index in [2.05, 4.69) is 29.2 Å². The molecule has 0 saturated heterocycles. The van der Waals surface area contributed by atoms with E-state index in [0.717, 1.165) is 16.5 Å². The lowest BCUT2D eigenvalue weighted by Crippen LogP contribution is -1.86. The van der Waals surface area contributed by atoms with E-state index in [9.17, 15) is 0 Å². The Bertz CT molecular complexity index is 427. The number of benzene rings is 1. The van der Waals surface area contributed by atoms with Crippen LogP contribution >= 0.6 is 11.8 Å². The smallest absolute Gasteiger partial charge is 0.137 e. The van der Waals surface area contributed by atoms with Gasteiger partial charge >= 0.3 is 0 Å². The molecule has 0 aliphatic carbocycles. The number of methoxy groups -OCH3 is 1. The zero-order valence-corrected chi connectivity index (χ0v) is 9.91. The van der Waals surface area contributed by atoms with E-state index in [1.807, 2.05) is 18.2 Å². The summed E-state index contributed by atoms with van der Waals surface area (Å²) in [6, 6.07) is 14.3. The number of hydrogen-bond donors (Lipinski definition) is 0. The summed E-state index contributed by atoms with van der Waals surface area (Å²) in [5.41, 5.74) is 1.31. The summed E-state index contributed by atoms with van der Waals surface area (Å²) in [7, 11) is 1.65. The van der Waals surface area contributed by atoms with Crippen LogP contribution in [-0.2, 0) is 5.75 Å². The number of pyridine rings is 1. The van der Waals surface area contributed by atoms with E-state index in [4.69, 9.17) is 4.74 Å². The van der Waals surface area contributed by atoms with Gasteiger partial charge in [0, 0.05) is 5.75 Å². The zero-order chi connectivity index (χ0) is 11.2. The third kappa shape index (κ3) is 3.00. The average molecular weight is 231 g/mol. The molecular weight excluding hydrogens is 218 g/mol. The van der Waals surface area contributed by atoms with Gasteiger partial charge in [0.2, 0.25) is 0 Å². The third-order valence-corrected chi connectivity index (χ3v) is 3.19. The lowest BCUT2D eigenvalue weighted by atomic mass is 10.2. The predicted molar refractivity (Wildman–Crippen MR) is 66.8 cm³/mol. The van der Waals surface area contributed by atoms with Crippen LogP contribution in [0.4, 0.5) is 0 Å². The Morgan fingerprint density at radius 2 is 1.94 bits per heavy atom. The number of nitrogens with zero attached hydrogens (tertiary/aromatic N) is 1. The Morgan fingerprint density at radius 3 is 2.56 bits per heavy atom. The van der Waals surface area contributed by atoms with E-state index in [1.54, 1.807) is 25.1 Å². The van der Waals surface area contributed by atoms with E-state index in [1.165, 1.54) is 5.56 Å². The van der Waals surface area contributed by atoms with Crippen LogP contribution < -0.4 is 4.74 Å². The molecule has 16 heavy (non-hydrogen) atoms. The Morgan fingerprint density at radius 1 is 1.12 bits per heavy atom. The van der Waals surface area contributed by atoms with E-state index >= 15 is 0 Å². The lowest BCUT2D eigenvalue weighted by molar-refractivity contribution is 0.412. The lowest BCUT2D eigenvalue weighted by Gasteiger charge is -2.02. The van der Waals surface area contributed by atoms with Gasteiger partial charge in [-0.25, -0.2) is 4.98 Å². The number of thioether (sulfide) groups is 1. The Balaban J connectivity index is 1.94. The van der Waals surface area contributed by atoms with Gasteiger partial charge in [-0.3, -0.25) is 0 Å². The van der Waals surface area contributed by atoms with Crippen molar-refractivity contribution in [2.45, 2.75) is 10.8 Å². The average Bonchev–Trinajstić information content (AvgIpc) is 2.38. The summed E-state index contributed by atoms with van der Waals surface area (Å²) < 4.78 is 5.06. The minimum Gasteiger partial charge on any atom is -0.495 e. The minimum absolute atomic E-state index is 0.795. The van der Waals surface area contributed by atoms with Crippen LogP contribution in [0.25, 0.3) is 0 Å². The van der Waals surface area contributed by atoms with Gasteiger partial charge in [0.05, 0.1) is 18.3 Å². The van der Waals surface area contributed by atoms with Crippen molar-refractivity contribution in [3.8, 4) is 5.75 Å². The molecule has 0 fully saturated rings. The normalized spacial score (nSPS) is 10.1. The monoisotopic (exact) mass is 231 g/mol. The molecule has 1 aromatic carbocycles. The van der Waals surface area contributed by atoms with Gasteiger partial charge in [-0.2, -0.15) is 0 Å². The molecular formula is C13H13NOS. The molecule has 0 amide bonds. The van der Waals surface area contributed by atoms with Crippen molar-refractivity contribution in [2.75, 3.05) is 7.11 Å². The second kappa shape index (κ2) is 5.56. The summed E-state index contributed by atoms with van der Waals surface area (Å²) >= 11 is 1.73. The molecule has 0 N–H and O–H groups in total. The first kappa shape index (κ1) is 11.0. The van der Waals surface area contributed by atoms with Crippen LogP contribution in [0.2, 0.25) is 0 Å². The van der Waals surface area contributed by atoms with E-state index in [-0.39, 0.29) is 0 Å². The summed E-state index contributed by atoms with van der Waals surface area (Å²) in [5.74, 6) is 1.74. The summed E-state index contributed by atoms with van der Waals surface area (Å²) in [5, 5.41) is 1.02. The number of rotatable bonds is 4. The molecule has 0 aliphatic rings. The molecule has 2 aromatic rings. The summed E-state index contributed by atoms with van der Waals surface area (Å²) in [4.78, 5) is 4.30. The molecule has 0 aliphatic heterocycles. The third-order valence-electron chi connectivity index (χ3n) is 2.17. The standard InChI is InChI=1S/C13H13NOS/c1-15-12-7-8-13(14-9-12)16-10-11-5-3-2-4-6-11/h2-9H,10H2,1H3. The Kier molecular flexibility index (Phi) is 3.83. The van der Waals surface area contributed by atoms with Crippen molar-refractivity contribution in [1.29, 1.82) is 0 Å². The molecule has 0 unspecified atom stereocenters. The summed E-state index contributed by atoms with van der Waals surface area (Å²) in [6.07, 6.45) is 1.74. The molecule has 3 heteroatoms. The second-order valence-corrected chi connectivity index (χ2v) is 4.31. The molecule has 0 bridgehead atoms. The number of ether oxygens (including phenoxy) is 1. The van der Waals surface area contributed by atoms with Gasteiger partial charge in [-0.15, -0.1) is 11.8 Å². The maximum atomic E-state index is 5.06. The summed E-state index contributed by atoms with van der Waals surface area (Å²) in [6.45, 7) is 0. The van der Waals surface area contributed by atoms with Gasteiger partial charge in [0.25, 0.3) is 0 Å².